The third-order valence-electron chi connectivity index (χ3n) is 4.07. The van der Waals surface area contributed by atoms with Crippen LogP contribution in [0.4, 0.5) is 0 Å². The first-order valence-electron chi connectivity index (χ1n) is 7.28. The number of nitrogens with zero attached hydrogens (tertiary/aromatic N) is 2. The summed E-state index contributed by atoms with van der Waals surface area (Å²) in [4.78, 5) is 4.41. The number of pyridine rings is 1. The molecule has 1 aromatic carbocycles. The van der Waals surface area contributed by atoms with Crippen LogP contribution < -0.4 is 5.32 Å². The second-order valence-electron chi connectivity index (χ2n) is 5.43. The maximum absolute atomic E-state index is 12.7. The summed E-state index contributed by atoms with van der Waals surface area (Å²) in [5.74, 6) is 0. The van der Waals surface area contributed by atoms with Crippen molar-refractivity contribution in [3.05, 3.63) is 48.8 Å². The predicted molar refractivity (Wildman–Crippen MR) is 85.9 cm³/mol. The summed E-state index contributed by atoms with van der Waals surface area (Å²) in [7, 11) is -1.79. The van der Waals surface area contributed by atoms with Gasteiger partial charge in [0.15, 0.2) is 0 Å². The minimum absolute atomic E-state index is 0.0306. The van der Waals surface area contributed by atoms with Crippen LogP contribution in [0.25, 0.3) is 11.1 Å². The lowest BCUT2D eigenvalue weighted by Crippen LogP contribution is -2.38. The fourth-order valence-corrected chi connectivity index (χ4v) is 4.05. The van der Waals surface area contributed by atoms with Crippen LogP contribution in [0.15, 0.2) is 53.7 Å². The zero-order valence-corrected chi connectivity index (χ0v) is 13.3. The van der Waals surface area contributed by atoms with Gasteiger partial charge in [-0.1, -0.05) is 18.2 Å². The van der Waals surface area contributed by atoms with E-state index in [9.17, 15) is 8.42 Å². The zero-order chi connectivity index (χ0) is 15.6. The van der Waals surface area contributed by atoms with Crippen molar-refractivity contribution >= 4 is 10.0 Å². The SMILES string of the molecule is CN([C@@H]1CCNC1)S(=O)(=O)c1ccc(-c2cccnc2)cc1. The van der Waals surface area contributed by atoms with Gasteiger partial charge in [0.05, 0.1) is 4.90 Å². The van der Waals surface area contributed by atoms with E-state index in [2.05, 4.69) is 10.3 Å². The maximum atomic E-state index is 12.7. The van der Waals surface area contributed by atoms with Gasteiger partial charge in [-0.15, -0.1) is 0 Å². The highest BCUT2D eigenvalue weighted by Crippen LogP contribution is 2.23. The molecule has 1 aliphatic rings. The van der Waals surface area contributed by atoms with E-state index in [-0.39, 0.29) is 6.04 Å². The van der Waals surface area contributed by atoms with Crippen molar-refractivity contribution in [3.8, 4) is 11.1 Å². The number of likely N-dealkylation sites (N-methyl/N-ethyl adjacent to an activating group) is 1. The van der Waals surface area contributed by atoms with Gasteiger partial charge in [-0.3, -0.25) is 4.98 Å². The molecule has 1 saturated heterocycles. The molecule has 0 aliphatic carbocycles. The average Bonchev–Trinajstić information content (AvgIpc) is 3.09. The first-order valence-corrected chi connectivity index (χ1v) is 8.72. The summed E-state index contributed by atoms with van der Waals surface area (Å²) in [6, 6.07) is 10.8. The van der Waals surface area contributed by atoms with Crippen LogP contribution >= 0.6 is 0 Å². The van der Waals surface area contributed by atoms with Crippen molar-refractivity contribution in [1.29, 1.82) is 0 Å². The third-order valence-corrected chi connectivity index (χ3v) is 6.00. The van der Waals surface area contributed by atoms with Crippen LogP contribution in [-0.2, 0) is 10.0 Å². The molecule has 0 unspecified atom stereocenters. The molecule has 1 aromatic heterocycles. The molecule has 22 heavy (non-hydrogen) atoms. The topological polar surface area (TPSA) is 62.3 Å². The summed E-state index contributed by atoms with van der Waals surface area (Å²) in [6.45, 7) is 1.58. The fraction of sp³-hybridized carbons (Fsp3) is 0.312. The maximum Gasteiger partial charge on any atom is 0.243 e. The third kappa shape index (κ3) is 2.90. The van der Waals surface area contributed by atoms with Gasteiger partial charge in [0.25, 0.3) is 0 Å². The monoisotopic (exact) mass is 317 g/mol. The minimum atomic E-state index is -3.44. The molecular weight excluding hydrogens is 298 g/mol. The predicted octanol–water partition coefficient (Wildman–Crippen LogP) is 1.73. The molecule has 1 fully saturated rings. The Balaban J connectivity index is 1.85. The Kier molecular flexibility index (Phi) is 4.24. The van der Waals surface area contributed by atoms with Crippen molar-refractivity contribution in [2.75, 3.05) is 20.1 Å². The molecule has 0 saturated carbocycles. The van der Waals surface area contributed by atoms with Crippen molar-refractivity contribution < 1.29 is 8.42 Å². The lowest BCUT2D eigenvalue weighted by atomic mass is 10.1. The summed E-state index contributed by atoms with van der Waals surface area (Å²) in [5.41, 5.74) is 1.93. The number of aromatic nitrogens is 1. The summed E-state index contributed by atoms with van der Waals surface area (Å²) in [5, 5.41) is 3.19. The van der Waals surface area contributed by atoms with Crippen LogP contribution in [0.3, 0.4) is 0 Å². The summed E-state index contributed by atoms with van der Waals surface area (Å²) >= 11 is 0. The molecule has 1 atom stereocenters. The van der Waals surface area contributed by atoms with E-state index in [1.165, 1.54) is 4.31 Å². The van der Waals surface area contributed by atoms with Gasteiger partial charge in [0.1, 0.15) is 0 Å². The van der Waals surface area contributed by atoms with Gasteiger partial charge >= 0.3 is 0 Å². The smallest absolute Gasteiger partial charge is 0.243 e. The Hall–Kier alpha value is -1.76. The van der Waals surface area contributed by atoms with Gasteiger partial charge in [-0.05, 0) is 42.3 Å². The van der Waals surface area contributed by atoms with Crippen molar-refractivity contribution in [2.45, 2.75) is 17.4 Å². The lowest BCUT2D eigenvalue weighted by molar-refractivity contribution is 0.388. The van der Waals surface area contributed by atoms with Crippen LogP contribution in [0.1, 0.15) is 6.42 Å². The van der Waals surface area contributed by atoms with E-state index < -0.39 is 10.0 Å². The van der Waals surface area contributed by atoms with Crippen LogP contribution in [0.2, 0.25) is 0 Å². The number of nitrogens with one attached hydrogen (secondary N) is 1. The summed E-state index contributed by atoms with van der Waals surface area (Å²) < 4.78 is 26.8. The van der Waals surface area contributed by atoms with Crippen LogP contribution in [0.5, 0.6) is 0 Å². The quantitative estimate of drug-likeness (QED) is 0.933. The van der Waals surface area contributed by atoms with Crippen LogP contribution in [0, 0.1) is 0 Å². The number of hydrogen-bond donors (Lipinski definition) is 1. The molecule has 0 bridgehead atoms. The van der Waals surface area contributed by atoms with E-state index in [1.54, 1.807) is 31.6 Å². The highest BCUT2D eigenvalue weighted by atomic mass is 32.2. The largest absolute Gasteiger partial charge is 0.315 e. The van der Waals surface area contributed by atoms with E-state index >= 15 is 0 Å². The number of sulfonamides is 1. The minimum Gasteiger partial charge on any atom is -0.315 e. The normalized spacial score (nSPS) is 18.7. The summed E-state index contributed by atoms with van der Waals surface area (Å²) in [6.07, 6.45) is 4.33. The molecule has 116 valence electrons. The number of benzene rings is 1. The van der Waals surface area contributed by atoms with Gasteiger partial charge in [-0.25, -0.2) is 8.42 Å². The van der Waals surface area contributed by atoms with Gasteiger partial charge in [0.2, 0.25) is 10.0 Å². The van der Waals surface area contributed by atoms with Crippen LogP contribution in [-0.4, -0.2) is 43.9 Å². The van der Waals surface area contributed by atoms with Crippen molar-refractivity contribution in [2.24, 2.45) is 0 Å². The van der Waals surface area contributed by atoms with Crippen molar-refractivity contribution in [1.82, 2.24) is 14.6 Å². The van der Waals surface area contributed by atoms with E-state index in [4.69, 9.17) is 0 Å². The van der Waals surface area contributed by atoms with Crippen molar-refractivity contribution in [3.63, 3.8) is 0 Å². The standard InChI is InChI=1S/C16H19N3O2S/c1-19(15-8-10-18-12-15)22(20,21)16-6-4-13(5-7-16)14-3-2-9-17-11-14/h2-7,9,11,15,18H,8,10,12H2,1H3/t15-/m1/s1. The molecule has 0 radical (unpaired) electrons. The van der Waals surface area contributed by atoms with Gasteiger partial charge in [-0.2, -0.15) is 4.31 Å². The lowest BCUT2D eigenvalue weighted by Gasteiger charge is -2.23. The Labute approximate surface area is 131 Å². The highest BCUT2D eigenvalue weighted by Gasteiger charge is 2.29. The molecule has 3 rings (SSSR count). The Bertz CT molecular complexity index is 724. The molecule has 2 heterocycles. The fourth-order valence-electron chi connectivity index (χ4n) is 2.67. The number of hydrogen-bond acceptors (Lipinski definition) is 4. The zero-order valence-electron chi connectivity index (χ0n) is 12.4. The van der Waals surface area contributed by atoms with Gasteiger partial charge < -0.3 is 5.32 Å². The molecule has 0 amide bonds. The second kappa shape index (κ2) is 6.16. The Morgan fingerprint density at radius 3 is 2.55 bits per heavy atom. The van der Waals surface area contributed by atoms with E-state index in [0.29, 0.717) is 11.4 Å². The highest BCUT2D eigenvalue weighted by molar-refractivity contribution is 7.89. The molecular formula is C16H19N3O2S. The average molecular weight is 317 g/mol. The van der Waals surface area contributed by atoms with E-state index in [1.807, 2.05) is 24.3 Å². The molecule has 0 spiro atoms. The molecule has 1 aliphatic heterocycles. The first kappa shape index (κ1) is 15.1. The van der Waals surface area contributed by atoms with E-state index in [0.717, 1.165) is 24.1 Å². The van der Waals surface area contributed by atoms with Gasteiger partial charge in [0, 0.05) is 32.0 Å². The molecule has 6 heteroatoms. The molecule has 2 aromatic rings. The number of rotatable bonds is 4. The Morgan fingerprint density at radius 1 is 1.18 bits per heavy atom. The first-order chi connectivity index (χ1) is 10.6. The molecule has 5 nitrogen and oxygen atoms in total. The molecule has 1 N–H and O–H groups in total. The Morgan fingerprint density at radius 2 is 1.95 bits per heavy atom. The second-order valence-corrected chi connectivity index (χ2v) is 7.43.